The fourth-order valence-corrected chi connectivity index (χ4v) is 0.278. The molecule has 3 N–H and O–H groups in total. The standard InChI is InChI=1S/C4H5N.2C3H6O2/c1-2-4-5-3-1;2*1-2-3(4)5/h1-5H;2*2H2,1H3,(H,4,5). The van der Waals surface area contributed by atoms with Crippen molar-refractivity contribution in [2.75, 3.05) is 0 Å². The highest BCUT2D eigenvalue weighted by atomic mass is 16.4. The first kappa shape index (κ1) is 15.7. The van der Waals surface area contributed by atoms with Gasteiger partial charge in [-0.3, -0.25) is 9.59 Å². The van der Waals surface area contributed by atoms with E-state index in [1.807, 2.05) is 24.5 Å². The molecule has 1 rings (SSSR count). The van der Waals surface area contributed by atoms with Crippen molar-refractivity contribution >= 4 is 11.9 Å². The van der Waals surface area contributed by atoms with Crippen LogP contribution in [0.2, 0.25) is 0 Å². The largest absolute Gasteiger partial charge is 0.481 e. The zero-order valence-corrected chi connectivity index (χ0v) is 8.93. The van der Waals surface area contributed by atoms with Gasteiger partial charge >= 0.3 is 11.9 Å². The molecule has 0 bridgehead atoms. The molecule has 1 heterocycles. The summed E-state index contributed by atoms with van der Waals surface area (Å²) in [6, 6.07) is 3.89. The van der Waals surface area contributed by atoms with Gasteiger partial charge in [-0.25, -0.2) is 0 Å². The molecule has 0 aliphatic rings. The molecule has 0 fully saturated rings. The SMILES string of the molecule is CCC(=O)O.CCC(=O)O.c1cc[nH]c1. The average Bonchev–Trinajstić information content (AvgIpc) is 2.76. The molecule has 1 aromatic heterocycles. The van der Waals surface area contributed by atoms with E-state index in [4.69, 9.17) is 10.2 Å². The second-order valence-corrected chi connectivity index (χ2v) is 2.38. The van der Waals surface area contributed by atoms with Crippen LogP contribution in [0.3, 0.4) is 0 Å². The fourth-order valence-electron chi connectivity index (χ4n) is 0.278. The molecule has 0 amide bonds. The highest BCUT2D eigenvalue weighted by Crippen LogP contribution is 1.72. The number of rotatable bonds is 2. The molecule has 0 atom stereocenters. The van der Waals surface area contributed by atoms with Gasteiger partial charge in [-0.15, -0.1) is 0 Å². The lowest BCUT2D eigenvalue weighted by atomic mass is 10.5. The monoisotopic (exact) mass is 215 g/mol. The first-order valence-corrected chi connectivity index (χ1v) is 4.55. The molecule has 5 nitrogen and oxygen atoms in total. The third kappa shape index (κ3) is 24.5. The minimum atomic E-state index is -0.745. The van der Waals surface area contributed by atoms with Gasteiger partial charge in [0.1, 0.15) is 0 Å². The van der Waals surface area contributed by atoms with E-state index in [1.165, 1.54) is 0 Å². The summed E-state index contributed by atoms with van der Waals surface area (Å²) < 4.78 is 0. The molecule has 1 aromatic rings. The second kappa shape index (κ2) is 12.2. The predicted molar refractivity (Wildman–Crippen MR) is 56.6 cm³/mol. The maximum absolute atomic E-state index is 9.37. The van der Waals surface area contributed by atoms with E-state index in [1.54, 1.807) is 13.8 Å². The Bertz CT molecular complexity index is 213. The fraction of sp³-hybridized carbons (Fsp3) is 0.400. The molecule has 0 saturated heterocycles. The van der Waals surface area contributed by atoms with E-state index in [2.05, 4.69) is 4.98 Å². The van der Waals surface area contributed by atoms with Gasteiger partial charge in [0.25, 0.3) is 0 Å². The topological polar surface area (TPSA) is 90.4 Å². The molecular formula is C10H17NO4. The summed E-state index contributed by atoms with van der Waals surface area (Å²) in [6.45, 7) is 3.20. The van der Waals surface area contributed by atoms with Crippen LogP contribution in [0.1, 0.15) is 26.7 Å². The number of carbonyl (C=O) groups is 2. The Hall–Kier alpha value is -1.78. The molecule has 0 aromatic carbocycles. The van der Waals surface area contributed by atoms with Gasteiger partial charge in [-0.2, -0.15) is 0 Å². The zero-order chi connectivity index (χ0) is 12.1. The van der Waals surface area contributed by atoms with E-state index in [0.29, 0.717) is 0 Å². The van der Waals surface area contributed by atoms with Crippen LogP contribution in [0, 0.1) is 0 Å². The van der Waals surface area contributed by atoms with Crippen LogP contribution in [0.15, 0.2) is 24.5 Å². The number of nitrogens with one attached hydrogen (secondary N) is 1. The maximum Gasteiger partial charge on any atom is 0.303 e. The van der Waals surface area contributed by atoms with Crippen LogP contribution in [0.5, 0.6) is 0 Å². The number of hydrogen-bond donors (Lipinski definition) is 3. The van der Waals surface area contributed by atoms with E-state index >= 15 is 0 Å². The molecule has 0 aliphatic carbocycles. The van der Waals surface area contributed by atoms with Crippen molar-refractivity contribution in [2.24, 2.45) is 0 Å². The van der Waals surface area contributed by atoms with Crippen LogP contribution in [-0.2, 0) is 9.59 Å². The van der Waals surface area contributed by atoms with Crippen molar-refractivity contribution in [2.45, 2.75) is 26.7 Å². The Morgan fingerprint density at radius 3 is 1.33 bits per heavy atom. The van der Waals surface area contributed by atoms with Crippen LogP contribution in [0.4, 0.5) is 0 Å². The predicted octanol–water partition coefficient (Wildman–Crippen LogP) is 1.98. The summed E-state index contributed by atoms with van der Waals surface area (Å²) in [5.41, 5.74) is 0. The highest BCUT2D eigenvalue weighted by molar-refractivity contribution is 5.66. The molecule has 0 radical (unpaired) electrons. The van der Waals surface area contributed by atoms with Gasteiger partial charge in [0.2, 0.25) is 0 Å². The van der Waals surface area contributed by atoms with Gasteiger partial charge < -0.3 is 15.2 Å². The van der Waals surface area contributed by atoms with E-state index in [-0.39, 0.29) is 12.8 Å². The van der Waals surface area contributed by atoms with Crippen molar-refractivity contribution in [3.63, 3.8) is 0 Å². The molecule has 0 unspecified atom stereocenters. The van der Waals surface area contributed by atoms with Crippen molar-refractivity contribution in [3.8, 4) is 0 Å². The zero-order valence-electron chi connectivity index (χ0n) is 8.93. The summed E-state index contributed by atoms with van der Waals surface area (Å²) in [5.74, 6) is -1.49. The molecule has 0 saturated carbocycles. The van der Waals surface area contributed by atoms with Gasteiger partial charge in [-0.05, 0) is 12.1 Å². The minimum Gasteiger partial charge on any atom is -0.481 e. The Morgan fingerprint density at radius 2 is 1.27 bits per heavy atom. The van der Waals surface area contributed by atoms with Crippen LogP contribution in [0.25, 0.3) is 0 Å². The lowest BCUT2D eigenvalue weighted by Gasteiger charge is -1.71. The first-order chi connectivity index (χ1) is 7.04. The molecule has 5 heteroatoms. The van der Waals surface area contributed by atoms with Gasteiger partial charge in [0.05, 0.1) is 0 Å². The maximum atomic E-state index is 9.37. The van der Waals surface area contributed by atoms with E-state index in [0.717, 1.165) is 0 Å². The van der Waals surface area contributed by atoms with Gasteiger partial charge in [0.15, 0.2) is 0 Å². The van der Waals surface area contributed by atoms with Gasteiger partial charge in [-0.1, -0.05) is 13.8 Å². The second-order valence-electron chi connectivity index (χ2n) is 2.38. The summed E-state index contributed by atoms with van der Waals surface area (Å²) in [5, 5.41) is 15.4. The molecule has 15 heavy (non-hydrogen) atoms. The van der Waals surface area contributed by atoms with Crippen LogP contribution >= 0.6 is 0 Å². The van der Waals surface area contributed by atoms with Crippen molar-refractivity contribution in [1.29, 1.82) is 0 Å². The Balaban J connectivity index is 0. The van der Waals surface area contributed by atoms with E-state index < -0.39 is 11.9 Å². The number of carboxylic acids is 2. The summed E-state index contributed by atoms with van der Waals surface area (Å²) in [7, 11) is 0. The average molecular weight is 215 g/mol. The number of H-pyrrole nitrogens is 1. The summed E-state index contributed by atoms with van der Waals surface area (Å²) in [6.07, 6.45) is 4.19. The van der Waals surface area contributed by atoms with Crippen molar-refractivity contribution in [1.82, 2.24) is 4.98 Å². The first-order valence-electron chi connectivity index (χ1n) is 4.55. The molecule has 86 valence electrons. The number of carboxylic acid groups (broad SMARTS) is 2. The van der Waals surface area contributed by atoms with Crippen LogP contribution < -0.4 is 0 Å². The molecule has 0 aliphatic heterocycles. The Labute approximate surface area is 88.8 Å². The Kier molecular flexibility index (Phi) is 12.8. The smallest absolute Gasteiger partial charge is 0.303 e. The number of hydrogen-bond acceptors (Lipinski definition) is 2. The van der Waals surface area contributed by atoms with Gasteiger partial charge in [0, 0.05) is 25.2 Å². The summed E-state index contributed by atoms with van der Waals surface area (Å²) in [4.78, 5) is 21.6. The number of aliphatic carboxylic acids is 2. The molecular weight excluding hydrogens is 198 g/mol. The van der Waals surface area contributed by atoms with E-state index in [9.17, 15) is 9.59 Å². The van der Waals surface area contributed by atoms with Crippen molar-refractivity contribution in [3.05, 3.63) is 24.5 Å². The lowest BCUT2D eigenvalue weighted by Crippen LogP contribution is -1.86. The van der Waals surface area contributed by atoms with Crippen molar-refractivity contribution < 1.29 is 19.8 Å². The number of aromatic nitrogens is 1. The number of aromatic amines is 1. The quantitative estimate of drug-likeness (QED) is 0.703. The Morgan fingerprint density at radius 1 is 1.00 bits per heavy atom. The van der Waals surface area contributed by atoms with Crippen LogP contribution in [-0.4, -0.2) is 27.1 Å². The third-order valence-electron chi connectivity index (χ3n) is 1.10. The summed E-state index contributed by atoms with van der Waals surface area (Å²) >= 11 is 0. The normalized spacial score (nSPS) is 7.60. The highest BCUT2D eigenvalue weighted by Gasteiger charge is 1.81. The third-order valence-corrected chi connectivity index (χ3v) is 1.10. The molecule has 0 spiro atoms. The minimum absolute atomic E-state index is 0.222. The lowest BCUT2D eigenvalue weighted by molar-refractivity contribution is -0.137.